The first-order chi connectivity index (χ1) is 13.9. The Kier molecular flexibility index (Phi) is 8.39. The fourth-order valence-corrected chi connectivity index (χ4v) is 3.93. The van der Waals surface area contributed by atoms with Gasteiger partial charge in [0, 0.05) is 6.42 Å². The predicted molar refractivity (Wildman–Crippen MR) is 114 cm³/mol. The molecule has 29 heavy (non-hydrogen) atoms. The van der Waals surface area contributed by atoms with E-state index in [9.17, 15) is 14.4 Å². The molecule has 0 fully saturated rings. The molecule has 0 saturated heterocycles. The molecular formula is C22H27NO5S. The minimum Gasteiger partial charge on any atom is -0.494 e. The first-order valence-electron chi connectivity index (χ1n) is 9.70. The summed E-state index contributed by atoms with van der Waals surface area (Å²) in [4.78, 5) is 36.9. The number of aryl methyl sites for hydroxylation is 1. The highest BCUT2D eigenvalue weighted by Gasteiger charge is 2.25. The predicted octanol–water partition coefficient (Wildman–Crippen LogP) is 4.80. The Bertz CT molecular complexity index is 870. The number of benzene rings is 1. The topological polar surface area (TPSA) is 81.7 Å². The minimum atomic E-state index is -0.539. The van der Waals surface area contributed by atoms with Crippen molar-refractivity contribution in [2.45, 2.75) is 47.0 Å². The summed E-state index contributed by atoms with van der Waals surface area (Å²) in [6.07, 6.45) is 1.74. The molecule has 7 heteroatoms. The average Bonchev–Trinajstić information content (AvgIpc) is 3.02. The van der Waals surface area contributed by atoms with Crippen LogP contribution in [0.3, 0.4) is 0 Å². The van der Waals surface area contributed by atoms with Gasteiger partial charge in [-0.15, -0.1) is 11.3 Å². The summed E-state index contributed by atoms with van der Waals surface area (Å²) >= 11 is 1.10. The first-order valence-corrected chi connectivity index (χ1v) is 10.5. The molecule has 2 rings (SSSR count). The van der Waals surface area contributed by atoms with E-state index in [1.54, 1.807) is 13.8 Å². The normalized spacial score (nSPS) is 10.5. The van der Waals surface area contributed by atoms with Crippen molar-refractivity contribution in [1.29, 1.82) is 0 Å². The Labute approximate surface area is 175 Å². The highest BCUT2D eigenvalue weighted by atomic mass is 32.1. The fraction of sp³-hybridized carbons (Fsp3) is 0.409. The number of rotatable bonds is 10. The van der Waals surface area contributed by atoms with Crippen molar-refractivity contribution >= 4 is 34.0 Å². The van der Waals surface area contributed by atoms with Crippen LogP contribution < -0.4 is 10.1 Å². The van der Waals surface area contributed by atoms with Crippen LogP contribution in [0.25, 0.3) is 0 Å². The van der Waals surface area contributed by atoms with Crippen LogP contribution in [-0.2, 0) is 16.0 Å². The number of Topliss-reactive ketones (excluding diaryl/α,β-unsaturated/α-hetero) is 1. The molecule has 0 aliphatic heterocycles. The zero-order valence-corrected chi connectivity index (χ0v) is 18.1. The molecule has 156 valence electrons. The standard InChI is InChI=1S/C22H27NO5S/c1-5-16-9-11-17(12-10-16)28-13-7-8-18(25)23-21-19(22(26)27-6-2)14(3)20(29-21)15(4)24/h9-12H,5-8,13H2,1-4H3,(H,23,25). The van der Waals surface area contributed by atoms with Crippen LogP contribution in [0, 0.1) is 6.92 Å². The minimum absolute atomic E-state index is 0.152. The molecule has 1 heterocycles. The van der Waals surface area contributed by atoms with Crippen molar-refractivity contribution in [3.63, 3.8) is 0 Å². The van der Waals surface area contributed by atoms with Crippen LogP contribution in [0.1, 0.15) is 64.8 Å². The summed E-state index contributed by atoms with van der Waals surface area (Å²) in [5, 5.41) is 3.10. The molecule has 2 aromatic rings. The van der Waals surface area contributed by atoms with E-state index in [2.05, 4.69) is 12.2 Å². The van der Waals surface area contributed by atoms with Crippen LogP contribution >= 0.6 is 11.3 Å². The van der Waals surface area contributed by atoms with Crippen LogP contribution in [0.5, 0.6) is 5.75 Å². The van der Waals surface area contributed by atoms with Gasteiger partial charge in [0.15, 0.2) is 5.78 Å². The molecule has 1 amide bonds. The molecule has 1 N–H and O–H groups in total. The maximum Gasteiger partial charge on any atom is 0.341 e. The number of ketones is 1. The molecule has 0 bridgehead atoms. The summed E-state index contributed by atoms with van der Waals surface area (Å²) < 4.78 is 10.7. The zero-order chi connectivity index (χ0) is 21.4. The van der Waals surface area contributed by atoms with E-state index in [0.717, 1.165) is 23.5 Å². The second kappa shape index (κ2) is 10.8. The zero-order valence-electron chi connectivity index (χ0n) is 17.3. The van der Waals surface area contributed by atoms with E-state index in [0.29, 0.717) is 28.5 Å². The van der Waals surface area contributed by atoms with Crippen LogP contribution in [0.15, 0.2) is 24.3 Å². The van der Waals surface area contributed by atoms with Gasteiger partial charge in [0.05, 0.1) is 23.7 Å². The van der Waals surface area contributed by atoms with Gasteiger partial charge in [0.1, 0.15) is 10.8 Å². The third-order valence-electron chi connectivity index (χ3n) is 4.35. The molecule has 0 radical (unpaired) electrons. The van der Waals surface area contributed by atoms with Crippen molar-refractivity contribution in [1.82, 2.24) is 0 Å². The Morgan fingerprint density at radius 3 is 2.38 bits per heavy atom. The number of carbonyl (C=O) groups excluding carboxylic acids is 3. The molecule has 0 spiro atoms. The summed E-state index contributed by atoms with van der Waals surface area (Å²) in [6, 6.07) is 7.87. The Hall–Kier alpha value is -2.67. The van der Waals surface area contributed by atoms with Crippen molar-refractivity contribution < 1.29 is 23.9 Å². The smallest absolute Gasteiger partial charge is 0.341 e. The molecular weight excluding hydrogens is 390 g/mol. The molecule has 6 nitrogen and oxygen atoms in total. The molecule has 0 aliphatic carbocycles. The quantitative estimate of drug-likeness (QED) is 0.341. The largest absolute Gasteiger partial charge is 0.494 e. The van der Waals surface area contributed by atoms with Crippen molar-refractivity contribution in [3.8, 4) is 5.75 Å². The Morgan fingerprint density at radius 2 is 1.79 bits per heavy atom. The number of ether oxygens (including phenoxy) is 2. The molecule has 0 saturated carbocycles. The number of amides is 1. The molecule has 1 aromatic carbocycles. The number of hydrogen-bond donors (Lipinski definition) is 1. The lowest BCUT2D eigenvalue weighted by Gasteiger charge is -2.08. The van der Waals surface area contributed by atoms with E-state index in [-0.39, 0.29) is 30.3 Å². The van der Waals surface area contributed by atoms with Gasteiger partial charge in [0.2, 0.25) is 5.91 Å². The second-order valence-electron chi connectivity index (χ2n) is 6.53. The summed E-state index contributed by atoms with van der Waals surface area (Å²) in [7, 11) is 0. The van der Waals surface area contributed by atoms with Gasteiger partial charge in [-0.2, -0.15) is 0 Å². The fourth-order valence-electron chi connectivity index (χ4n) is 2.82. The van der Waals surface area contributed by atoms with E-state index in [1.807, 2.05) is 24.3 Å². The SMILES string of the molecule is CCOC(=O)c1c(NC(=O)CCCOc2ccc(CC)cc2)sc(C(C)=O)c1C. The second-order valence-corrected chi connectivity index (χ2v) is 7.56. The summed E-state index contributed by atoms with van der Waals surface area (Å²) in [5.74, 6) is -0.159. The molecule has 1 aromatic heterocycles. The molecule has 0 unspecified atom stereocenters. The maximum absolute atomic E-state index is 12.3. The van der Waals surface area contributed by atoms with Gasteiger partial charge in [-0.05, 0) is 56.9 Å². The van der Waals surface area contributed by atoms with E-state index >= 15 is 0 Å². The number of hydrogen-bond acceptors (Lipinski definition) is 6. The van der Waals surface area contributed by atoms with Crippen molar-refractivity contribution in [2.75, 3.05) is 18.5 Å². The monoisotopic (exact) mass is 417 g/mol. The van der Waals surface area contributed by atoms with Gasteiger partial charge < -0.3 is 14.8 Å². The lowest BCUT2D eigenvalue weighted by molar-refractivity contribution is -0.116. The average molecular weight is 418 g/mol. The van der Waals surface area contributed by atoms with Crippen molar-refractivity contribution in [2.24, 2.45) is 0 Å². The van der Waals surface area contributed by atoms with Crippen molar-refractivity contribution in [3.05, 3.63) is 45.8 Å². The number of carbonyl (C=O) groups is 3. The number of anilines is 1. The van der Waals surface area contributed by atoms with Gasteiger partial charge >= 0.3 is 5.97 Å². The first kappa shape index (κ1) is 22.6. The maximum atomic E-state index is 12.3. The number of esters is 1. The van der Waals surface area contributed by atoms with Gasteiger partial charge in [0.25, 0.3) is 0 Å². The van der Waals surface area contributed by atoms with Gasteiger partial charge in [-0.25, -0.2) is 4.79 Å². The summed E-state index contributed by atoms with van der Waals surface area (Å²) in [6.45, 7) is 7.55. The highest BCUT2D eigenvalue weighted by Crippen LogP contribution is 2.34. The number of thiophene rings is 1. The van der Waals surface area contributed by atoms with Crippen LogP contribution in [0.2, 0.25) is 0 Å². The van der Waals surface area contributed by atoms with Gasteiger partial charge in [-0.3, -0.25) is 9.59 Å². The van der Waals surface area contributed by atoms with Crippen LogP contribution in [0.4, 0.5) is 5.00 Å². The van der Waals surface area contributed by atoms with E-state index in [1.165, 1.54) is 12.5 Å². The van der Waals surface area contributed by atoms with Crippen LogP contribution in [-0.4, -0.2) is 30.9 Å². The molecule has 0 atom stereocenters. The summed E-state index contributed by atoms with van der Waals surface area (Å²) in [5.41, 5.74) is 2.03. The third kappa shape index (κ3) is 6.15. The Morgan fingerprint density at radius 1 is 1.10 bits per heavy atom. The lowest BCUT2D eigenvalue weighted by Crippen LogP contribution is -2.15. The highest BCUT2D eigenvalue weighted by molar-refractivity contribution is 7.18. The third-order valence-corrected chi connectivity index (χ3v) is 5.66. The Balaban J connectivity index is 1.94. The number of nitrogens with one attached hydrogen (secondary N) is 1. The van der Waals surface area contributed by atoms with Gasteiger partial charge in [-0.1, -0.05) is 19.1 Å². The van der Waals surface area contributed by atoms with E-state index in [4.69, 9.17) is 9.47 Å². The van der Waals surface area contributed by atoms with E-state index < -0.39 is 5.97 Å². The molecule has 0 aliphatic rings. The lowest BCUT2D eigenvalue weighted by atomic mass is 10.1.